The van der Waals surface area contributed by atoms with Crippen molar-refractivity contribution in [1.82, 2.24) is 0 Å². The summed E-state index contributed by atoms with van der Waals surface area (Å²) in [5.74, 6) is 3.42. The number of fused-ring (bicyclic) bond motifs is 5. The Bertz CT molecular complexity index is 799. The van der Waals surface area contributed by atoms with Crippen molar-refractivity contribution in [2.45, 2.75) is 112 Å². The van der Waals surface area contributed by atoms with Crippen LogP contribution in [0.3, 0.4) is 0 Å². The van der Waals surface area contributed by atoms with E-state index in [2.05, 4.69) is 40.7 Å². The van der Waals surface area contributed by atoms with Gasteiger partial charge in [0, 0.05) is 26.2 Å². The van der Waals surface area contributed by atoms with Gasteiger partial charge in [-0.05, 0) is 91.4 Å². The van der Waals surface area contributed by atoms with Crippen LogP contribution in [0.25, 0.3) is 0 Å². The molecule has 0 bridgehead atoms. The highest BCUT2D eigenvalue weighted by Crippen LogP contribution is 2.67. The lowest BCUT2D eigenvalue weighted by atomic mass is 9.46. The number of ether oxygens (including phenoxy) is 2. The molecule has 0 aromatic rings. The first-order valence-corrected chi connectivity index (χ1v) is 13.5. The fourth-order valence-corrected chi connectivity index (χ4v) is 9.11. The second-order valence-electron chi connectivity index (χ2n) is 12.8. The van der Waals surface area contributed by atoms with E-state index in [1.54, 1.807) is 6.92 Å². The molecule has 0 heterocycles. The van der Waals surface area contributed by atoms with Gasteiger partial charge in [-0.2, -0.15) is 0 Å². The molecule has 186 valence electrons. The molecule has 0 unspecified atom stereocenters. The average molecular weight is 459 g/mol. The van der Waals surface area contributed by atoms with Crippen molar-refractivity contribution in [2.24, 2.45) is 46.3 Å². The zero-order valence-electron chi connectivity index (χ0n) is 22.0. The lowest BCUT2D eigenvalue weighted by molar-refractivity contribution is -0.159. The molecule has 9 atom stereocenters. The first kappa shape index (κ1) is 24.8. The minimum atomic E-state index is -0.199. The molecule has 33 heavy (non-hydrogen) atoms. The molecule has 0 saturated heterocycles. The largest absolute Gasteiger partial charge is 0.462 e. The summed E-state index contributed by atoms with van der Waals surface area (Å²) in [7, 11) is 0. The van der Waals surface area contributed by atoms with E-state index in [0.29, 0.717) is 23.2 Å². The van der Waals surface area contributed by atoms with Crippen LogP contribution in [0.1, 0.15) is 99.8 Å². The van der Waals surface area contributed by atoms with E-state index in [9.17, 15) is 9.59 Å². The summed E-state index contributed by atoms with van der Waals surface area (Å²) < 4.78 is 11.7. The summed E-state index contributed by atoms with van der Waals surface area (Å²) in [6.45, 7) is 15.2. The molecule has 4 aliphatic rings. The lowest BCUT2D eigenvalue weighted by Gasteiger charge is -2.59. The normalized spacial score (nSPS) is 43.1. The van der Waals surface area contributed by atoms with Crippen molar-refractivity contribution < 1.29 is 19.1 Å². The predicted molar refractivity (Wildman–Crippen MR) is 130 cm³/mol. The Kier molecular flexibility index (Phi) is 6.79. The molecular formula is C29H46O4. The Balaban J connectivity index is 1.66. The van der Waals surface area contributed by atoms with Crippen LogP contribution >= 0.6 is 0 Å². The van der Waals surface area contributed by atoms with Gasteiger partial charge in [-0.15, -0.1) is 0 Å². The van der Waals surface area contributed by atoms with Crippen LogP contribution in [0.15, 0.2) is 11.6 Å². The molecule has 4 rings (SSSR count). The SMILES string of the molecule is CC(=O)O[C@H]1CC[C@@]2(C)C(=C[C@H](OC(C)=O)[C@H]3[C@@H]4CC[C@H]([C@H](C)CC(C)C)[C@@]4(C)CC[C@@H]32)C1. The summed E-state index contributed by atoms with van der Waals surface area (Å²) in [5.41, 5.74) is 1.82. The zero-order valence-corrected chi connectivity index (χ0v) is 22.0. The van der Waals surface area contributed by atoms with Gasteiger partial charge in [-0.1, -0.05) is 40.2 Å². The van der Waals surface area contributed by atoms with Crippen LogP contribution in [0.4, 0.5) is 0 Å². The maximum absolute atomic E-state index is 12.2. The molecule has 4 heteroatoms. The zero-order chi connectivity index (χ0) is 24.1. The van der Waals surface area contributed by atoms with Gasteiger partial charge in [-0.25, -0.2) is 0 Å². The summed E-state index contributed by atoms with van der Waals surface area (Å²) in [6.07, 6.45) is 11.3. The second-order valence-corrected chi connectivity index (χ2v) is 12.8. The highest BCUT2D eigenvalue weighted by atomic mass is 16.5. The van der Waals surface area contributed by atoms with Gasteiger partial charge < -0.3 is 9.47 Å². The minimum absolute atomic E-state index is 0.0436. The van der Waals surface area contributed by atoms with Crippen LogP contribution in [-0.4, -0.2) is 24.1 Å². The molecule has 0 amide bonds. The van der Waals surface area contributed by atoms with Crippen LogP contribution in [-0.2, 0) is 19.1 Å². The maximum atomic E-state index is 12.2. The molecule has 0 aromatic heterocycles. The van der Waals surface area contributed by atoms with Gasteiger partial charge in [0.2, 0.25) is 0 Å². The first-order valence-electron chi connectivity index (χ1n) is 13.5. The summed E-state index contributed by atoms with van der Waals surface area (Å²) >= 11 is 0. The third-order valence-electron chi connectivity index (χ3n) is 10.3. The number of hydrogen-bond donors (Lipinski definition) is 0. The number of hydrogen-bond acceptors (Lipinski definition) is 4. The minimum Gasteiger partial charge on any atom is -0.462 e. The summed E-state index contributed by atoms with van der Waals surface area (Å²) in [5, 5.41) is 0. The average Bonchev–Trinajstić information content (AvgIpc) is 3.05. The van der Waals surface area contributed by atoms with Crippen LogP contribution in [0.5, 0.6) is 0 Å². The quantitative estimate of drug-likeness (QED) is 0.339. The molecule has 3 fully saturated rings. The molecule has 0 N–H and O–H groups in total. The third kappa shape index (κ3) is 4.41. The van der Waals surface area contributed by atoms with Gasteiger partial charge >= 0.3 is 11.9 Å². The van der Waals surface area contributed by atoms with E-state index in [0.717, 1.165) is 37.0 Å². The van der Waals surface area contributed by atoms with Crippen molar-refractivity contribution in [1.29, 1.82) is 0 Å². The Morgan fingerprint density at radius 3 is 2.30 bits per heavy atom. The van der Waals surface area contributed by atoms with E-state index in [1.807, 2.05) is 0 Å². The van der Waals surface area contributed by atoms with E-state index < -0.39 is 0 Å². The fraction of sp³-hybridized carbons (Fsp3) is 0.862. The van der Waals surface area contributed by atoms with Crippen molar-refractivity contribution in [2.75, 3.05) is 0 Å². The van der Waals surface area contributed by atoms with Crippen molar-refractivity contribution in [3.63, 3.8) is 0 Å². The van der Waals surface area contributed by atoms with Crippen LogP contribution < -0.4 is 0 Å². The Morgan fingerprint density at radius 1 is 0.970 bits per heavy atom. The van der Waals surface area contributed by atoms with Crippen LogP contribution in [0.2, 0.25) is 0 Å². The van der Waals surface area contributed by atoms with E-state index in [-0.39, 0.29) is 29.6 Å². The van der Waals surface area contributed by atoms with Crippen molar-refractivity contribution in [3.05, 3.63) is 11.6 Å². The van der Waals surface area contributed by atoms with Crippen molar-refractivity contribution >= 4 is 11.9 Å². The second kappa shape index (κ2) is 9.04. The van der Waals surface area contributed by atoms with Gasteiger partial charge in [0.25, 0.3) is 0 Å². The molecule has 4 nitrogen and oxygen atoms in total. The molecule has 0 aromatic carbocycles. The van der Waals surface area contributed by atoms with Gasteiger partial charge in [0.05, 0.1) is 0 Å². The Hall–Kier alpha value is -1.32. The van der Waals surface area contributed by atoms with E-state index >= 15 is 0 Å². The monoisotopic (exact) mass is 458 g/mol. The summed E-state index contributed by atoms with van der Waals surface area (Å²) in [6, 6.07) is 0. The smallest absolute Gasteiger partial charge is 0.303 e. The highest BCUT2D eigenvalue weighted by Gasteiger charge is 2.62. The third-order valence-corrected chi connectivity index (χ3v) is 10.3. The fourth-order valence-electron chi connectivity index (χ4n) is 9.11. The summed E-state index contributed by atoms with van der Waals surface area (Å²) in [4.78, 5) is 23.8. The molecule has 3 saturated carbocycles. The number of carbonyl (C=O) groups excluding carboxylic acids is 2. The highest BCUT2D eigenvalue weighted by molar-refractivity contribution is 5.67. The standard InChI is InChI=1S/C29H46O4/c1-17(2)14-18(3)23-8-9-24-27-25(11-13-29(23,24)7)28(6)12-10-22(32-19(4)30)15-21(28)16-26(27)33-20(5)31/h16-18,22-27H,8-15H2,1-7H3/t18-,22+,23-,24+,25+,26+,27+,28+,29-/m1/s1. The Labute approximate surface area is 201 Å². The lowest BCUT2D eigenvalue weighted by Crippen LogP contribution is -2.55. The predicted octanol–water partition coefficient (Wildman–Crippen LogP) is 6.72. The number of esters is 2. The van der Waals surface area contributed by atoms with Gasteiger partial charge in [0.15, 0.2) is 0 Å². The molecular weight excluding hydrogens is 412 g/mol. The van der Waals surface area contributed by atoms with Crippen molar-refractivity contribution in [3.8, 4) is 0 Å². The molecule has 0 aliphatic heterocycles. The molecule has 0 radical (unpaired) electrons. The van der Waals surface area contributed by atoms with E-state index in [4.69, 9.17) is 9.47 Å². The number of rotatable bonds is 5. The van der Waals surface area contributed by atoms with Crippen LogP contribution in [0, 0.1) is 46.3 Å². The topological polar surface area (TPSA) is 52.6 Å². The van der Waals surface area contributed by atoms with Gasteiger partial charge in [-0.3, -0.25) is 9.59 Å². The maximum Gasteiger partial charge on any atom is 0.303 e. The Morgan fingerprint density at radius 2 is 1.67 bits per heavy atom. The first-order chi connectivity index (χ1) is 15.5. The molecule has 4 aliphatic carbocycles. The number of carbonyl (C=O) groups is 2. The van der Waals surface area contributed by atoms with Gasteiger partial charge in [0.1, 0.15) is 12.2 Å². The molecule has 0 spiro atoms. The van der Waals surface area contributed by atoms with E-state index in [1.165, 1.54) is 44.6 Å².